The van der Waals surface area contributed by atoms with E-state index in [4.69, 9.17) is 4.74 Å². The van der Waals surface area contributed by atoms with Crippen molar-refractivity contribution in [2.75, 3.05) is 7.11 Å². The summed E-state index contributed by atoms with van der Waals surface area (Å²) >= 11 is 0. The highest BCUT2D eigenvalue weighted by atomic mass is 16.5. The van der Waals surface area contributed by atoms with Gasteiger partial charge in [0.05, 0.1) is 7.11 Å². The van der Waals surface area contributed by atoms with Crippen molar-refractivity contribution in [3.63, 3.8) is 0 Å². The number of pyridine rings is 1. The summed E-state index contributed by atoms with van der Waals surface area (Å²) in [6.07, 6.45) is 2.35. The molecule has 1 saturated carbocycles. The van der Waals surface area contributed by atoms with Gasteiger partial charge in [-0.25, -0.2) is 4.98 Å². The van der Waals surface area contributed by atoms with Crippen LogP contribution in [-0.2, 0) is 0 Å². The Kier molecular flexibility index (Phi) is 2.92. The highest BCUT2D eigenvalue weighted by molar-refractivity contribution is 5.73. The monoisotopic (exact) mass is 250 g/mol. The molecule has 1 fully saturated rings. The molecule has 0 radical (unpaired) electrons. The lowest BCUT2D eigenvalue weighted by Gasteiger charge is -2.10. The quantitative estimate of drug-likeness (QED) is 0.837. The molecule has 1 aromatic carbocycles. The van der Waals surface area contributed by atoms with Crippen LogP contribution in [0.4, 0.5) is 0 Å². The SMILES string of the molecule is COc1nc(C2CC2)cc(-c2ccccc2)c1C#N. The van der Waals surface area contributed by atoms with E-state index in [9.17, 15) is 5.26 Å². The average molecular weight is 250 g/mol. The second-order valence-electron chi connectivity index (χ2n) is 4.73. The number of rotatable bonds is 3. The molecule has 3 nitrogen and oxygen atoms in total. The van der Waals surface area contributed by atoms with Crippen LogP contribution in [0.25, 0.3) is 11.1 Å². The number of hydrogen-bond acceptors (Lipinski definition) is 3. The van der Waals surface area contributed by atoms with E-state index < -0.39 is 0 Å². The molecule has 1 heterocycles. The molecule has 0 bridgehead atoms. The second kappa shape index (κ2) is 4.74. The zero-order valence-corrected chi connectivity index (χ0v) is 10.8. The van der Waals surface area contributed by atoms with Crippen LogP contribution < -0.4 is 4.74 Å². The summed E-state index contributed by atoms with van der Waals surface area (Å²) in [6, 6.07) is 14.2. The number of benzene rings is 1. The van der Waals surface area contributed by atoms with E-state index in [2.05, 4.69) is 11.1 Å². The topological polar surface area (TPSA) is 45.9 Å². The van der Waals surface area contributed by atoms with Gasteiger partial charge >= 0.3 is 0 Å². The van der Waals surface area contributed by atoms with Crippen molar-refractivity contribution in [3.05, 3.63) is 47.7 Å². The summed E-state index contributed by atoms with van der Waals surface area (Å²) in [5.41, 5.74) is 3.49. The summed E-state index contributed by atoms with van der Waals surface area (Å²) < 4.78 is 5.28. The minimum atomic E-state index is 0.436. The number of ether oxygens (including phenoxy) is 1. The molecule has 3 heteroatoms. The van der Waals surface area contributed by atoms with Crippen molar-refractivity contribution in [1.29, 1.82) is 5.26 Å². The van der Waals surface area contributed by atoms with Gasteiger partial charge < -0.3 is 4.74 Å². The van der Waals surface area contributed by atoms with Crippen molar-refractivity contribution in [3.8, 4) is 23.1 Å². The predicted molar refractivity (Wildman–Crippen MR) is 72.9 cm³/mol. The lowest BCUT2D eigenvalue weighted by Crippen LogP contribution is -1.99. The number of nitrogens with zero attached hydrogens (tertiary/aromatic N) is 2. The van der Waals surface area contributed by atoms with Crippen LogP contribution in [0.1, 0.15) is 30.0 Å². The van der Waals surface area contributed by atoms with Gasteiger partial charge in [0.1, 0.15) is 11.6 Å². The summed E-state index contributed by atoms with van der Waals surface area (Å²) in [7, 11) is 1.56. The number of hydrogen-bond donors (Lipinski definition) is 0. The van der Waals surface area contributed by atoms with Crippen molar-refractivity contribution in [2.24, 2.45) is 0 Å². The zero-order chi connectivity index (χ0) is 13.2. The third-order valence-electron chi connectivity index (χ3n) is 3.39. The average Bonchev–Trinajstić information content (AvgIpc) is 3.31. The lowest BCUT2D eigenvalue weighted by atomic mass is 10.00. The third kappa shape index (κ3) is 2.17. The molecule has 0 spiro atoms. The van der Waals surface area contributed by atoms with Crippen LogP contribution >= 0.6 is 0 Å². The molecular weight excluding hydrogens is 236 g/mol. The van der Waals surface area contributed by atoms with Gasteiger partial charge in [0.2, 0.25) is 5.88 Å². The van der Waals surface area contributed by atoms with E-state index in [1.807, 2.05) is 36.4 Å². The van der Waals surface area contributed by atoms with E-state index in [1.165, 1.54) is 12.8 Å². The van der Waals surface area contributed by atoms with Gasteiger partial charge in [-0.15, -0.1) is 0 Å². The van der Waals surface area contributed by atoms with Crippen LogP contribution in [-0.4, -0.2) is 12.1 Å². The smallest absolute Gasteiger partial charge is 0.232 e. The minimum absolute atomic E-state index is 0.436. The van der Waals surface area contributed by atoms with Crippen molar-refractivity contribution >= 4 is 0 Å². The molecular formula is C16H14N2O. The first kappa shape index (κ1) is 11.7. The lowest BCUT2D eigenvalue weighted by molar-refractivity contribution is 0.395. The van der Waals surface area contributed by atoms with Gasteiger partial charge in [-0.1, -0.05) is 30.3 Å². The van der Waals surface area contributed by atoms with Gasteiger partial charge in [-0.2, -0.15) is 5.26 Å². The van der Waals surface area contributed by atoms with Crippen molar-refractivity contribution in [2.45, 2.75) is 18.8 Å². The Bertz CT molecular complexity index is 640. The standard InChI is InChI=1S/C16H14N2O/c1-19-16-14(10-17)13(11-5-3-2-4-6-11)9-15(18-16)12-7-8-12/h2-6,9,12H,7-8H2,1H3. The zero-order valence-electron chi connectivity index (χ0n) is 10.8. The van der Waals surface area contributed by atoms with Crippen LogP contribution in [0.3, 0.4) is 0 Å². The van der Waals surface area contributed by atoms with E-state index in [0.717, 1.165) is 16.8 Å². The highest BCUT2D eigenvalue weighted by Gasteiger charge is 2.27. The Morgan fingerprint density at radius 1 is 1.26 bits per heavy atom. The Hall–Kier alpha value is -2.34. The van der Waals surface area contributed by atoms with E-state index in [0.29, 0.717) is 17.4 Å². The Labute approximate surface area is 112 Å². The van der Waals surface area contributed by atoms with E-state index in [1.54, 1.807) is 7.11 Å². The fourth-order valence-corrected chi connectivity index (χ4v) is 2.23. The molecule has 0 aliphatic heterocycles. The third-order valence-corrected chi connectivity index (χ3v) is 3.39. The molecule has 1 aliphatic carbocycles. The van der Waals surface area contributed by atoms with Crippen LogP contribution in [0.15, 0.2) is 36.4 Å². The van der Waals surface area contributed by atoms with E-state index >= 15 is 0 Å². The molecule has 0 N–H and O–H groups in total. The van der Waals surface area contributed by atoms with Gasteiger partial charge in [-0.05, 0) is 24.5 Å². The molecule has 19 heavy (non-hydrogen) atoms. The first-order valence-electron chi connectivity index (χ1n) is 6.38. The number of methoxy groups -OCH3 is 1. The Morgan fingerprint density at radius 2 is 2.00 bits per heavy atom. The highest BCUT2D eigenvalue weighted by Crippen LogP contribution is 2.42. The maximum absolute atomic E-state index is 9.37. The maximum Gasteiger partial charge on any atom is 0.232 e. The molecule has 0 amide bonds. The van der Waals surface area contributed by atoms with Gasteiger partial charge in [0, 0.05) is 17.2 Å². The molecule has 2 aromatic rings. The number of aromatic nitrogens is 1. The van der Waals surface area contributed by atoms with Crippen molar-refractivity contribution < 1.29 is 4.74 Å². The summed E-state index contributed by atoms with van der Waals surface area (Å²) in [4.78, 5) is 4.47. The first-order chi connectivity index (χ1) is 9.33. The van der Waals surface area contributed by atoms with Crippen LogP contribution in [0.2, 0.25) is 0 Å². The summed E-state index contributed by atoms with van der Waals surface area (Å²) in [5, 5.41) is 9.37. The first-order valence-corrected chi connectivity index (χ1v) is 6.38. The summed E-state index contributed by atoms with van der Waals surface area (Å²) in [5.74, 6) is 0.967. The molecule has 0 saturated heterocycles. The predicted octanol–water partition coefficient (Wildman–Crippen LogP) is 3.51. The molecule has 94 valence electrons. The molecule has 0 unspecified atom stereocenters. The minimum Gasteiger partial charge on any atom is -0.480 e. The largest absolute Gasteiger partial charge is 0.480 e. The molecule has 1 aliphatic rings. The molecule has 3 rings (SSSR count). The van der Waals surface area contributed by atoms with Gasteiger partial charge in [0.25, 0.3) is 0 Å². The number of nitriles is 1. The van der Waals surface area contributed by atoms with Crippen LogP contribution in [0, 0.1) is 11.3 Å². The van der Waals surface area contributed by atoms with E-state index in [-0.39, 0.29) is 0 Å². The Balaban J connectivity index is 2.21. The fraction of sp³-hybridized carbons (Fsp3) is 0.250. The summed E-state index contributed by atoms with van der Waals surface area (Å²) in [6.45, 7) is 0. The Morgan fingerprint density at radius 3 is 2.58 bits per heavy atom. The molecule has 0 atom stereocenters. The fourth-order valence-electron chi connectivity index (χ4n) is 2.23. The van der Waals surface area contributed by atoms with Crippen molar-refractivity contribution in [1.82, 2.24) is 4.98 Å². The van der Waals surface area contributed by atoms with Gasteiger partial charge in [-0.3, -0.25) is 0 Å². The second-order valence-corrected chi connectivity index (χ2v) is 4.73. The van der Waals surface area contributed by atoms with Crippen LogP contribution in [0.5, 0.6) is 5.88 Å². The van der Waals surface area contributed by atoms with Gasteiger partial charge in [0.15, 0.2) is 0 Å². The molecule has 1 aromatic heterocycles. The normalized spacial score (nSPS) is 13.9. The maximum atomic E-state index is 9.37.